The standard InChI is InChI=1S/C20H21N5O4/c1-29-10-9-25-18(23-14-6-3-2-5-13(14)19(25)27)16-7-4-8-24(16)20(28)15-11-17(26)22-12-21-15/h2-3,5-6,11-12,16H,4,7-10H2,1H3,(H,21,22,26). The average Bonchev–Trinajstić information content (AvgIpc) is 3.22. The first-order valence-electron chi connectivity index (χ1n) is 9.44. The molecular formula is C20H21N5O4. The second-order valence-corrected chi connectivity index (χ2v) is 6.89. The summed E-state index contributed by atoms with van der Waals surface area (Å²) in [5, 5.41) is 0.527. The summed E-state index contributed by atoms with van der Waals surface area (Å²) < 4.78 is 6.76. The van der Waals surface area contributed by atoms with Crippen molar-refractivity contribution in [1.82, 2.24) is 24.4 Å². The van der Waals surface area contributed by atoms with Gasteiger partial charge in [0.1, 0.15) is 11.5 Å². The third-order valence-electron chi connectivity index (χ3n) is 5.12. The first-order chi connectivity index (χ1) is 14.1. The highest BCUT2D eigenvalue weighted by Gasteiger charge is 2.34. The lowest BCUT2D eigenvalue weighted by Crippen LogP contribution is -2.36. The lowest BCUT2D eigenvalue weighted by atomic mass is 10.1. The molecule has 3 heterocycles. The molecule has 1 aliphatic heterocycles. The zero-order valence-electron chi connectivity index (χ0n) is 16.0. The van der Waals surface area contributed by atoms with Crippen LogP contribution in [-0.2, 0) is 11.3 Å². The highest BCUT2D eigenvalue weighted by molar-refractivity contribution is 5.92. The molecule has 1 unspecified atom stereocenters. The predicted molar refractivity (Wildman–Crippen MR) is 106 cm³/mol. The molecule has 1 N–H and O–H groups in total. The van der Waals surface area contributed by atoms with Gasteiger partial charge in [-0.25, -0.2) is 9.97 Å². The monoisotopic (exact) mass is 395 g/mol. The third kappa shape index (κ3) is 3.56. The average molecular weight is 395 g/mol. The summed E-state index contributed by atoms with van der Waals surface area (Å²) in [6.45, 7) is 1.19. The molecule has 29 heavy (non-hydrogen) atoms. The minimum Gasteiger partial charge on any atom is -0.383 e. The van der Waals surface area contributed by atoms with E-state index in [9.17, 15) is 14.4 Å². The number of methoxy groups -OCH3 is 1. The van der Waals surface area contributed by atoms with Gasteiger partial charge in [-0.15, -0.1) is 0 Å². The van der Waals surface area contributed by atoms with E-state index in [0.29, 0.717) is 42.8 Å². The minimum absolute atomic E-state index is 0.0761. The molecule has 0 saturated carbocycles. The summed E-state index contributed by atoms with van der Waals surface area (Å²) in [4.78, 5) is 50.5. The Kier molecular flexibility index (Phi) is 5.22. The number of nitrogens with one attached hydrogen (secondary N) is 1. The van der Waals surface area contributed by atoms with Crippen molar-refractivity contribution in [3.8, 4) is 0 Å². The lowest BCUT2D eigenvalue weighted by Gasteiger charge is -2.26. The van der Waals surface area contributed by atoms with E-state index < -0.39 is 0 Å². The van der Waals surface area contributed by atoms with Crippen LogP contribution in [0.3, 0.4) is 0 Å². The fourth-order valence-electron chi connectivity index (χ4n) is 3.75. The van der Waals surface area contributed by atoms with Gasteiger partial charge in [-0.3, -0.25) is 19.0 Å². The van der Waals surface area contributed by atoms with Crippen LogP contribution >= 0.6 is 0 Å². The second kappa shape index (κ2) is 7.96. The zero-order chi connectivity index (χ0) is 20.4. The fourth-order valence-corrected chi connectivity index (χ4v) is 3.75. The van der Waals surface area contributed by atoms with Crippen LogP contribution in [0.15, 0.2) is 46.2 Å². The maximum atomic E-state index is 13.1. The van der Waals surface area contributed by atoms with Gasteiger partial charge in [0.2, 0.25) is 0 Å². The van der Waals surface area contributed by atoms with Crippen molar-refractivity contribution < 1.29 is 9.53 Å². The summed E-state index contributed by atoms with van der Waals surface area (Å²) >= 11 is 0. The van der Waals surface area contributed by atoms with Crippen LogP contribution in [0.4, 0.5) is 0 Å². The SMILES string of the molecule is COCCn1c(C2CCCN2C(=O)c2cc(=O)[nH]cn2)nc2ccccc2c1=O. The molecule has 1 atom stereocenters. The molecule has 0 spiro atoms. The number of para-hydroxylation sites is 1. The van der Waals surface area contributed by atoms with Crippen LogP contribution in [-0.4, -0.2) is 50.6 Å². The number of carbonyl (C=O) groups is 1. The van der Waals surface area contributed by atoms with Crippen molar-refractivity contribution in [3.05, 3.63) is 68.9 Å². The fraction of sp³-hybridized carbons (Fsp3) is 0.350. The normalized spacial score (nSPS) is 16.4. The Labute approximate surface area is 166 Å². The van der Waals surface area contributed by atoms with Crippen molar-refractivity contribution >= 4 is 16.8 Å². The number of nitrogens with zero attached hydrogens (tertiary/aromatic N) is 4. The van der Waals surface area contributed by atoms with E-state index in [-0.39, 0.29) is 28.8 Å². The Morgan fingerprint density at radius 3 is 2.93 bits per heavy atom. The molecule has 2 aromatic heterocycles. The van der Waals surface area contributed by atoms with E-state index >= 15 is 0 Å². The maximum Gasteiger partial charge on any atom is 0.273 e. The molecule has 1 saturated heterocycles. The molecule has 1 fully saturated rings. The number of carbonyl (C=O) groups excluding carboxylic acids is 1. The van der Waals surface area contributed by atoms with Gasteiger partial charge in [0.05, 0.1) is 36.4 Å². The first-order valence-corrected chi connectivity index (χ1v) is 9.44. The molecule has 0 radical (unpaired) electrons. The number of ether oxygens (including phenoxy) is 1. The summed E-state index contributed by atoms with van der Waals surface area (Å²) in [5.74, 6) is 0.181. The van der Waals surface area contributed by atoms with Gasteiger partial charge in [0, 0.05) is 19.7 Å². The number of likely N-dealkylation sites (tertiary alicyclic amines) is 1. The smallest absolute Gasteiger partial charge is 0.273 e. The highest BCUT2D eigenvalue weighted by Crippen LogP contribution is 2.32. The van der Waals surface area contributed by atoms with Gasteiger partial charge in [0.15, 0.2) is 0 Å². The Morgan fingerprint density at radius 2 is 2.14 bits per heavy atom. The van der Waals surface area contributed by atoms with Crippen molar-refractivity contribution in [1.29, 1.82) is 0 Å². The lowest BCUT2D eigenvalue weighted by molar-refractivity contribution is 0.0718. The summed E-state index contributed by atoms with van der Waals surface area (Å²) in [6.07, 6.45) is 2.66. The van der Waals surface area contributed by atoms with Crippen molar-refractivity contribution in [2.75, 3.05) is 20.3 Å². The predicted octanol–water partition coefficient (Wildman–Crippen LogP) is 1.10. The van der Waals surface area contributed by atoms with Gasteiger partial charge in [0.25, 0.3) is 17.0 Å². The minimum atomic E-state index is -0.389. The number of H-pyrrole nitrogens is 1. The molecule has 4 rings (SSSR count). The summed E-state index contributed by atoms with van der Waals surface area (Å²) in [5.41, 5.74) is 0.123. The molecule has 150 valence electrons. The zero-order valence-corrected chi connectivity index (χ0v) is 16.0. The Hall–Kier alpha value is -3.33. The molecule has 1 amide bonds. The number of aromatic nitrogens is 4. The van der Waals surface area contributed by atoms with Crippen LogP contribution in [0.1, 0.15) is 35.2 Å². The van der Waals surface area contributed by atoms with Gasteiger partial charge in [-0.05, 0) is 25.0 Å². The Bertz CT molecular complexity index is 1170. The number of hydrogen-bond acceptors (Lipinski definition) is 6. The van der Waals surface area contributed by atoms with Gasteiger partial charge in [-0.2, -0.15) is 0 Å². The molecule has 0 aliphatic carbocycles. The first kappa shape index (κ1) is 19.0. The van der Waals surface area contributed by atoms with Crippen molar-refractivity contribution in [2.24, 2.45) is 0 Å². The number of rotatable bonds is 5. The van der Waals surface area contributed by atoms with E-state index in [1.165, 1.54) is 12.4 Å². The molecular weight excluding hydrogens is 374 g/mol. The number of amides is 1. The van der Waals surface area contributed by atoms with Crippen LogP contribution in [0.2, 0.25) is 0 Å². The van der Waals surface area contributed by atoms with E-state index in [1.54, 1.807) is 34.8 Å². The molecule has 1 aromatic carbocycles. The summed E-state index contributed by atoms with van der Waals surface area (Å²) in [6, 6.07) is 7.97. The Morgan fingerprint density at radius 1 is 1.31 bits per heavy atom. The molecule has 9 nitrogen and oxygen atoms in total. The van der Waals surface area contributed by atoms with Crippen LogP contribution < -0.4 is 11.1 Å². The molecule has 1 aliphatic rings. The number of aromatic amines is 1. The van der Waals surface area contributed by atoms with E-state index in [4.69, 9.17) is 9.72 Å². The number of benzene rings is 1. The molecule has 3 aromatic rings. The van der Waals surface area contributed by atoms with Crippen molar-refractivity contribution in [2.45, 2.75) is 25.4 Å². The molecule has 9 heteroatoms. The van der Waals surface area contributed by atoms with Gasteiger partial charge < -0.3 is 14.6 Å². The van der Waals surface area contributed by atoms with Gasteiger partial charge in [-0.1, -0.05) is 12.1 Å². The maximum absolute atomic E-state index is 13.1. The van der Waals surface area contributed by atoms with Crippen molar-refractivity contribution in [3.63, 3.8) is 0 Å². The summed E-state index contributed by atoms with van der Waals surface area (Å²) in [7, 11) is 1.57. The quantitative estimate of drug-likeness (QED) is 0.693. The van der Waals surface area contributed by atoms with Crippen LogP contribution in [0.5, 0.6) is 0 Å². The topological polar surface area (TPSA) is 110 Å². The number of hydrogen-bond donors (Lipinski definition) is 1. The highest BCUT2D eigenvalue weighted by atomic mass is 16.5. The van der Waals surface area contributed by atoms with Gasteiger partial charge >= 0.3 is 0 Å². The second-order valence-electron chi connectivity index (χ2n) is 6.89. The van der Waals surface area contributed by atoms with E-state index in [2.05, 4.69) is 9.97 Å². The third-order valence-corrected chi connectivity index (χ3v) is 5.12. The Balaban J connectivity index is 1.80. The largest absolute Gasteiger partial charge is 0.383 e. The number of fused-ring (bicyclic) bond motifs is 1. The van der Waals surface area contributed by atoms with E-state index in [0.717, 1.165) is 6.42 Å². The molecule has 0 bridgehead atoms. The van der Waals surface area contributed by atoms with Crippen LogP contribution in [0.25, 0.3) is 10.9 Å². The van der Waals surface area contributed by atoms with Crippen LogP contribution in [0, 0.1) is 0 Å². The van der Waals surface area contributed by atoms with E-state index in [1.807, 2.05) is 6.07 Å².